The molecule has 21 heavy (non-hydrogen) atoms. The first kappa shape index (κ1) is 15.9. The fraction of sp³-hybridized carbons (Fsp3) is 1.00. The molecule has 0 radical (unpaired) electrons. The molecular weight excluding hydrogens is 257 g/mol. The van der Waals surface area contributed by atoms with Crippen molar-refractivity contribution in [2.45, 2.75) is 82.6 Å². The van der Waals surface area contributed by atoms with Crippen molar-refractivity contribution < 1.29 is 4.74 Å². The third-order valence-corrected chi connectivity index (χ3v) is 6.63. The minimum atomic E-state index is 0.405. The van der Waals surface area contributed by atoms with Crippen LogP contribution in [-0.2, 0) is 4.74 Å². The molecule has 1 aliphatic carbocycles. The van der Waals surface area contributed by atoms with Gasteiger partial charge in [-0.25, -0.2) is 0 Å². The van der Waals surface area contributed by atoms with E-state index in [1.807, 2.05) is 0 Å². The summed E-state index contributed by atoms with van der Waals surface area (Å²) in [6, 6.07) is 0.672. The van der Waals surface area contributed by atoms with Crippen molar-refractivity contribution >= 4 is 7.85 Å². The molecule has 3 unspecified atom stereocenters. The number of hydrogen-bond acceptors (Lipinski definition) is 2. The van der Waals surface area contributed by atoms with E-state index in [1.54, 1.807) is 0 Å². The van der Waals surface area contributed by atoms with Crippen LogP contribution in [0.3, 0.4) is 0 Å². The molecule has 2 heterocycles. The molecule has 3 rings (SSSR count). The summed E-state index contributed by atoms with van der Waals surface area (Å²) < 4.78 is 5.75. The third kappa shape index (κ3) is 3.06. The number of ether oxygens (including phenoxy) is 1. The lowest BCUT2D eigenvalue weighted by atomic mass is 9.64. The average molecular weight is 291 g/mol. The van der Waals surface area contributed by atoms with Gasteiger partial charge in [0.05, 0.1) is 18.8 Å². The maximum atomic E-state index is 5.75. The van der Waals surface area contributed by atoms with Crippen LogP contribution >= 0.6 is 0 Å². The van der Waals surface area contributed by atoms with Gasteiger partial charge in [0.25, 0.3) is 0 Å². The number of fused-ring (bicyclic) bond motifs is 2. The largest absolute Gasteiger partial charge is 0.377 e. The van der Waals surface area contributed by atoms with Crippen LogP contribution in [-0.4, -0.2) is 44.1 Å². The number of nitrogens with zero attached hydrogens (tertiary/aromatic N) is 1. The number of hydrogen-bond donors (Lipinski definition) is 0. The first-order valence-electron chi connectivity index (χ1n) is 9.48. The van der Waals surface area contributed by atoms with E-state index in [0.29, 0.717) is 11.6 Å². The highest BCUT2D eigenvalue weighted by atomic mass is 16.5. The molecule has 2 saturated heterocycles. The molecule has 0 bridgehead atoms. The topological polar surface area (TPSA) is 12.5 Å². The Labute approximate surface area is 132 Å². The summed E-state index contributed by atoms with van der Waals surface area (Å²) in [5, 5.41) is 0. The van der Waals surface area contributed by atoms with Crippen LogP contribution in [0, 0.1) is 11.8 Å². The summed E-state index contributed by atoms with van der Waals surface area (Å²) in [5.74, 6) is 2.82. The zero-order valence-electron chi connectivity index (χ0n) is 14.4. The van der Waals surface area contributed by atoms with E-state index in [0.717, 1.165) is 30.9 Å². The van der Waals surface area contributed by atoms with Crippen molar-refractivity contribution in [2.24, 2.45) is 11.8 Å². The van der Waals surface area contributed by atoms with Crippen molar-refractivity contribution in [3.63, 3.8) is 0 Å². The highest BCUT2D eigenvalue weighted by Gasteiger charge is 2.54. The van der Waals surface area contributed by atoms with Gasteiger partial charge in [0.2, 0.25) is 0 Å². The molecule has 0 amide bonds. The number of piperidine rings is 1. The molecular formula is C18H34BNO. The predicted molar refractivity (Wildman–Crippen MR) is 91.6 cm³/mol. The second kappa shape index (κ2) is 6.62. The van der Waals surface area contributed by atoms with Gasteiger partial charge in [0, 0.05) is 6.04 Å². The minimum absolute atomic E-state index is 0.405. The third-order valence-electron chi connectivity index (χ3n) is 6.63. The molecule has 3 aliphatic rings. The van der Waals surface area contributed by atoms with Crippen LogP contribution in [0.15, 0.2) is 0 Å². The van der Waals surface area contributed by atoms with Crippen LogP contribution in [0.2, 0.25) is 5.82 Å². The lowest BCUT2D eigenvalue weighted by molar-refractivity contribution is -0.208. The van der Waals surface area contributed by atoms with Gasteiger partial charge in [0.15, 0.2) is 0 Å². The van der Waals surface area contributed by atoms with E-state index in [9.17, 15) is 0 Å². The Bertz CT molecular complexity index is 340. The van der Waals surface area contributed by atoms with Crippen LogP contribution < -0.4 is 0 Å². The van der Waals surface area contributed by atoms with Crippen molar-refractivity contribution in [2.75, 3.05) is 19.8 Å². The summed E-state index contributed by atoms with van der Waals surface area (Å²) in [6.45, 7) is 8.06. The molecule has 2 aliphatic heterocycles. The van der Waals surface area contributed by atoms with Crippen molar-refractivity contribution in [1.82, 2.24) is 4.90 Å². The Morgan fingerprint density at radius 1 is 1.00 bits per heavy atom. The first-order chi connectivity index (χ1) is 10.1. The van der Waals surface area contributed by atoms with Crippen LogP contribution in [0.1, 0.15) is 65.2 Å². The standard InChI is InChI=1S/C18H34BNO/c1-14(2)20-11-10-15-6-5-8-16(19)7-3-4-9-17(15)18(20)12-21-13-18/h14-17H,3-13,19H2,1-2H3. The van der Waals surface area contributed by atoms with Crippen molar-refractivity contribution in [3.8, 4) is 0 Å². The molecule has 0 aromatic rings. The fourth-order valence-electron chi connectivity index (χ4n) is 5.42. The lowest BCUT2D eigenvalue weighted by Crippen LogP contribution is -2.71. The SMILES string of the molecule is BC1CCCCC2C(CCC1)CCN(C(C)C)C21COC1. The summed E-state index contributed by atoms with van der Waals surface area (Å²) in [5.41, 5.74) is 0.405. The molecule has 1 saturated carbocycles. The van der Waals surface area contributed by atoms with E-state index in [1.165, 1.54) is 57.9 Å². The molecule has 3 fully saturated rings. The Balaban J connectivity index is 1.75. The summed E-state index contributed by atoms with van der Waals surface area (Å²) in [7, 11) is 2.46. The molecule has 0 N–H and O–H groups in total. The maximum Gasteiger partial charge on any atom is 0.105 e. The quantitative estimate of drug-likeness (QED) is 0.688. The van der Waals surface area contributed by atoms with Crippen LogP contribution in [0.4, 0.5) is 0 Å². The molecule has 3 atom stereocenters. The van der Waals surface area contributed by atoms with E-state index < -0.39 is 0 Å². The van der Waals surface area contributed by atoms with Gasteiger partial charge < -0.3 is 4.74 Å². The van der Waals surface area contributed by atoms with Crippen molar-refractivity contribution in [1.29, 1.82) is 0 Å². The second-order valence-corrected chi connectivity index (χ2v) is 8.36. The molecule has 3 heteroatoms. The molecule has 1 spiro atoms. The van der Waals surface area contributed by atoms with Gasteiger partial charge >= 0.3 is 0 Å². The summed E-state index contributed by atoms with van der Waals surface area (Å²) in [6.07, 6.45) is 11.6. The minimum Gasteiger partial charge on any atom is -0.377 e. The first-order valence-corrected chi connectivity index (χ1v) is 9.48. The average Bonchev–Trinajstić information content (AvgIpc) is 2.41. The van der Waals surface area contributed by atoms with E-state index >= 15 is 0 Å². The highest BCUT2D eigenvalue weighted by Crippen LogP contribution is 2.48. The van der Waals surface area contributed by atoms with Crippen LogP contribution in [0.25, 0.3) is 0 Å². The van der Waals surface area contributed by atoms with E-state index in [2.05, 4.69) is 26.6 Å². The van der Waals surface area contributed by atoms with Gasteiger partial charge in [-0.05, 0) is 45.1 Å². The Morgan fingerprint density at radius 3 is 2.38 bits per heavy atom. The smallest absolute Gasteiger partial charge is 0.105 e. The lowest BCUT2D eigenvalue weighted by Gasteiger charge is -2.61. The normalized spacial score (nSPS) is 38.0. The molecule has 2 nitrogen and oxygen atoms in total. The van der Waals surface area contributed by atoms with Gasteiger partial charge in [-0.1, -0.05) is 44.3 Å². The molecule has 120 valence electrons. The molecule has 0 aromatic heterocycles. The van der Waals surface area contributed by atoms with E-state index in [-0.39, 0.29) is 0 Å². The monoisotopic (exact) mass is 291 g/mol. The zero-order chi connectivity index (χ0) is 14.9. The molecule has 0 aromatic carbocycles. The van der Waals surface area contributed by atoms with Gasteiger partial charge in [-0.15, -0.1) is 0 Å². The Morgan fingerprint density at radius 2 is 1.71 bits per heavy atom. The highest BCUT2D eigenvalue weighted by molar-refractivity contribution is 6.11. The second-order valence-electron chi connectivity index (χ2n) is 8.36. The fourth-order valence-corrected chi connectivity index (χ4v) is 5.42. The van der Waals surface area contributed by atoms with Crippen LogP contribution in [0.5, 0.6) is 0 Å². The number of likely N-dealkylation sites (tertiary alicyclic amines) is 1. The maximum absolute atomic E-state index is 5.75. The van der Waals surface area contributed by atoms with E-state index in [4.69, 9.17) is 4.74 Å². The van der Waals surface area contributed by atoms with Gasteiger partial charge in [0.1, 0.15) is 7.85 Å². The predicted octanol–water partition coefficient (Wildman–Crippen LogP) is 3.27. The zero-order valence-corrected chi connectivity index (χ0v) is 14.4. The van der Waals surface area contributed by atoms with Gasteiger partial charge in [-0.2, -0.15) is 0 Å². The Kier molecular flexibility index (Phi) is 5.00. The van der Waals surface area contributed by atoms with Gasteiger partial charge in [-0.3, -0.25) is 4.90 Å². The Hall–Kier alpha value is -0.0151. The summed E-state index contributed by atoms with van der Waals surface area (Å²) >= 11 is 0. The van der Waals surface area contributed by atoms with Crippen molar-refractivity contribution in [3.05, 3.63) is 0 Å². The number of rotatable bonds is 1. The summed E-state index contributed by atoms with van der Waals surface area (Å²) in [4.78, 5) is 2.80.